The maximum Gasteiger partial charge on any atom is 0.327 e. The zero-order valence-electron chi connectivity index (χ0n) is 13.2. The Morgan fingerprint density at radius 1 is 1.28 bits per heavy atom. The molecule has 0 bridgehead atoms. The Hall–Kier alpha value is -3.06. The number of nitrogens with zero attached hydrogens (tertiary/aromatic N) is 2. The lowest BCUT2D eigenvalue weighted by atomic mass is 10.2. The van der Waals surface area contributed by atoms with E-state index in [1.165, 1.54) is 0 Å². The molecule has 0 radical (unpaired) electrons. The van der Waals surface area contributed by atoms with E-state index in [9.17, 15) is 4.79 Å². The van der Waals surface area contributed by atoms with Crippen LogP contribution in [0.5, 0.6) is 5.75 Å². The summed E-state index contributed by atoms with van der Waals surface area (Å²) >= 11 is 0. The van der Waals surface area contributed by atoms with Gasteiger partial charge in [-0.05, 0) is 18.2 Å². The molecule has 0 atom stereocenters. The number of para-hydroxylation sites is 1. The molecule has 2 amide bonds. The van der Waals surface area contributed by atoms with Crippen LogP contribution in [0.2, 0.25) is 0 Å². The number of nitrogens with one attached hydrogen (secondary N) is 3. The van der Waals surface area contributed by atoms with Gasteiger partial charge in [-0.1, -0.05) is 18.2 Å². The zero-order chi connectivity index (χ0) is 16.4. The second-order valence-electron chi connectivity index (χ2n) is 5.36. The lowest BCUT2D eigenvalue weighted by Crippen LogP contribution is -3.00. The number of carbonyl (C=O) groups is 1. The van der Waals surface area contributed by atoms with E-state index in [1.54, 1.807) is 17.3 Å². The van der Waals surface area contributed by atoms with Gasteiger partial charge < -0.3 is 22.5 Å². The van der Waals surface area contributed by atoms with Crippen molar-refractivity contribution in [1.29, 1.82) is 0 Å². The van der Waals surface area contributed by atoms with Gasteiger partial charge in [0.2, 0.25) is 5.69 Å². The highest BCUT2D eigenvalue weighted by atomic mass is 35.5. The Balaban J connectivity index is 0.00000182. The number of carbonyl (C=O) groups excluding carboxylic acids is 1. The molecule has 0 saturated heterocycles. The van der Waals surface area contributed by atoms with E-state index in [0.29, 0.717) is 24.7 Å². The van der Waals surface area contributed by atoms with E-state index in [0.717, 1.165) is 16.9 Å². The van der Waals surface area contributed by atoms with Crippen LogP contribution in [-0.4, -0.2) is 29.3 Å². The van der Waals surface area contributed by atoms with Crippen molar-refractivity contribution >= 4 is 17.5 Å². The zero-order valence-corrected chi connectivity index (χ0v) is 14.0. The maximum atomic E-state index is 12.6. The minimum absolute atomic E-state index is 0. The SMILES string of the molecule is O=C(Nc1ccccc1)N1CCOc2cc(-c3cc[nH][nH+]3)cnc21.[Cl-]. The highest BCUT2D eigenvalue weighted by Crippen LogP contribution is 2.32. The average Bonchev–Trinajstić information content (AvgIpc) is 3.16. The Bertz CT molecular complexity index is 855. The number of aromatic nitrogens is 3. The van der Waals surface area contributed by atoms with Gasteiger partial charge in [0.1, 0.15) is 6.61 Å². The number of amides is 2. The number of halogens is 1. The van der Waals surface area contributed by atoms with Crippen molar-refractivity contribution in [3.63, 3.8) is 0 Å². The summed E-state index contributed by atoms with van der Waals surface area (Å²) in [5.41, 5.74) is 2.54. The third-order valence-corrected chi connectivity index (χ3v) is 3.78. The van der Waals surface area contributed by atoms with Crippen molar-refractivity contribution in [3.8, 4) is 17.0 Å². The number of fused-ring (bicyclic) bond motifs is 1. The topological polar surface area (TPSA) is 84.4 Å². The van der Waals surface area contributed by atoms with E-state index in [-0.39, 0.29) is 18.4 Å². The first kappa shape index (κ1) is 16.8. The molecule has 128 valence electrons. The van der Waals surface area contributed by atoms with Crippen LogP contribution in [-0.2, 0) is 0 Å². The molecule has 3 N–H and O–H groups in total. The van der Waals surface area contributed by atoms with Gasteiger partial charge >= 0.3 is 6.03 Å². The molecule has 3 aromatic rings. The number of urea groups is 1. The van der Waals surface area contributed by atoms with Crippen LogP contribution in [0.25, 0.3) is 11.3 Å². The van der Waals surface area contributed by atoms with Gasteiger partial charge in [-0.3, -0.25) is 4.90 Å². The molecule has 25 heavy (non-hydrogen) atoms. The number of anilines is 2. The summed E-state index contributed by atoms with van der Waals surface area (Å²) in [5, 5.41) is 8.78. The van der Waals surface area contributed by atoms with Crippen LogP contribution in [0.3, 0.4) is 0 Å². The van der Waals surface area contributed by atoms with E-state index >= 15 is 0 Å². The Morgan fingerprint density at radius 2 is 2.12 bits per heavy atom. The third-order valence-electron chi connectivity index (χ3n) is 3.78. The summed E-state index contributed by atoms with van der Waals surface area (Å²) in [4.78, 5) is 18.6. The second kappa shape index (κ2) is 7.23. The van der Waals surface area contributed by atoms with Gasteiger partial charge in [-0.2, -0.15) is 5.10 Å². The molecule has 8 heteroatoms. The smallest absolute Gasteiger partial charge is 0.327 e. The van der Waals surface area contributed by atoms with Crippen LogP contribution >= 0.6 is 0 Å². The number of pyridine rings is 1. The molecule has 3 heterocycles. The molecular formula is C17H16ClN5O2. The fourth-order valence-electron chi connectivity index (χ4n) is 2.61. The van der Waals surface area contributed by atoms with Crippen molar-refractivity contribution in [1.82, 2.24) is 10.1 Å². The molecule has 2 aromatic heterocycles. The van der Waals surface area contributed by atoms with Crippen LogP contribution in [0.1, 0.15) is 0 Å². The monoisotopic (exact) mass is 357 g/mol. The molecule has 7 nitrogen and oxygen atoms in total. The van der Waals surface area contributed by atoms with Crippen LogP contribution in [0.15, 0.2) is 54.9 Å². The molecular weight excluding hydrogens is 342 g/mol. The van der Waals surface area contributed by atoms with Crippen molar-refractivity contribution in [3.05, 3.63) is 54.9 Å². The van der Waals surface area contributed by atoms with E-state index in [4.69, 9.17) is 4.74 Å². The molecule has 1 aliphatic heterocycles. The summed E-state index contributed by atoms with van der Waals surface area (Å²) in [7, 11) is 0. The van der Waals surface area contributed by atoms with Gasteiger partial charge in [0.25, 0.3) is 0 Å². The molecule has 0 aliphatic carbocycles. The summed E-state index contributed by atoms with van der Waals surface area (Å²) in [6.45, 7) is 0.880. The summed E-state index contributed by atoms with van der Waals surface area (Å²) < 4.78 is 5.68. The summed E-state index contributed by atoms with van der Waals surface area (Å²) in [6.07, 6.45) is 3.52. The van der Waals surface area contributed by atoms with Crippen molar-refractivity contribution in [2.75, 3.05) is 23.4 Å². The minimum atomic E-state index is -0.223. The van der Waals surface area contributed by atoms with E-state index < -0.39 is 0 Å². The van der Waals surface area contributed by atoms with E-state index in [2.05, 4.69) is 20.5 Å². The third kappa shape index (κ3) is 3.41. The predicted octanol–water partition coefficient (Wildman–Crippen LogP) is -0.674. The Morgan fingerprint density at radius 3 is 2.88 bits per heavy atom. The molecule has 1 aliphatic rings. The van der Waals surface area contributed by atoms with Crippen molar-refractivity contribution in [2.45, 2.75) is 0 Å². The fourth-order valence-corrected chi connectivity index (χ4v) is 2.61. The number of rotatable bonds is 2. The standard InChI is InChI=1S/C17H15N5O2.ClH/c23-17(20-13-4-2-1-3-5-13)22-8-9-24-15-10-12(11-18-16(15)22)14-6-7-19-21-14;/h1-7,10-11H,8-9H2,(H,19,21)(H,20,23);1H. The van der Waals surface area contributed by atoms with Gasteiger partial charge in [0.15, 0.2) is 11.6 Å². The Kier molecular flexibility index (Phi) is 4.85. The molecule has 0 saturated carbocycles. The number of hydrogen-bond donors (Lipinski definition) is 2. The first-order chi connectivity index (χ1) is 11.8. The summed E-state index contributed by atoms with van der Waals surface area (Å²) in [6, 6.07) is 12.9. The number of H-pyrrole nitrogens is 2. The van der Waals surface area contributed by atoms with Gasteiger partial charge in [-0.15, -0.1) is 5.10 Å². The number of aromatic amines is 2. The fraction of sp³-hybridized carbons (Fsp3) is 0.118. The first-order valence-electron chi connectivity index (χ1n) is 7.63. The number of ether oxygens (including phenoxy) is 1. The minimum Gasteiger partial charge on any atom is -1.00 e. The van der Waals surface area contributed by atoms with Gasteiger partial charge in [0.05, 0.1) is 18.3 Å². The molecule has 4 rings (SSSR count). The Labute approximate surface area is 150 Å². The molecule has 0 fully saturated rings. The predicted molar refractivity (Wildman–Crippen MR) is 88.9 cm³/mol. The van der Waals surface area contributed by atoms with E-state index in [1.807, 2.05) is 42.5 Å². The van der Waals surface area contributed by atoms with Crippen LogP contribution in [0, 0.1) is 0 Å². The largest absolute Gasteiger partial charge is 1.00 e. The molecule has 0 spiro atoms. The lowest BCUT2D eigenvalue weighted by Gasteiger charge is -2.28. The van der Waals surface area contributed by atoms with Gasteiger partial charge in [0, 0.05) is 18.0 Å². The van der Waals surface area contributed by atoms with Crippen molar-refractivity contribution in [2.24, 2.45) is 0 Å². The second-order valence-corrected chi connectivity index (χ2v) is 5.36. The van der Waals surface area contributed by atoms with Crippen LogP contribution in [0.4, 0.5) is 16.3 Å². The molecule has 0 unspecified atom stereocenters. The van der Waals surface area contributed by atoms with Crippen LogP contribution < -0.4 is 32.5 Å². The number of hydrogen-bond acceptors (Lipinski definition) is 3. The quantitative estimate of drug-likeness (QED) is 0.637. The normalized spacial score (nSPS) is 12.6. The van der Waals surface area contributed by atoms with Gasteiger partial charge in [-0.25, -0.2) is 9.78 Å². The lowest BCUT2D eigenvalue weighted by molar-refractivity contribution is -0.437. The van der Waals surface area contributed by atoms with Crippen molar-refractivity contribution < 1.29 is 27.0 Å². The molecule has 1 aromatic carbocycles. The maximum absolute atomic E-state index is 12.6. The number of benzene rings is 1. The summed E-state index contributed by atoms with van der Waals surface area (Å²) in [5.74, 6) is 1.12. The highest BCUT2D eigenvalue weighted by Gasteiger charge is 2.26. The average molecular weight is 358 g/mol. The first-order valence-corrected chi connectivity index (χ1v) is 7.63. The highest BCUT2D eigenvalue weighted by molar-refractivity contribution is 6.02.